The third-order valence-corrected chi connectivity index (χ3v) is 2.72. The van der Waals surface area contributed by atoms with Crippen molar-refractivity contribution in [2.75, 3.05) is 6.61 Å². The fourth-order valence-electron chi connectivity index (χ4n) is 1.66. The molecule has 0 fully saturated rings. The Balaban J connectivity index is 2.01. The third kappa shape index (κ3) is 3.73. The minimum absolute atomic E-state index is 0.130. The second kappa shape index (κ2) is 6.42. The number of benzene rings is 2. The molecule has 0 unspecified atom stereocenters. The van der Waals surface area contributed by atoms with Crippen LogP contribution in [0.2, 0.25) is 0 Å². The second-order valence-corrected chi connectivity index (χ2v) is 4.17. The zero-order chi connectivity index (χ0) is 15.2. The van der Waals surface area contributed by atoms with Crippen LogP contribution in [-0.4, -0.2) is 23.3 Å². The summed E-state index contributed by atoms with van der Waals surface area (Å²) in [5.41, 5.74) is 0.282. The smallest absolute Gasteiger partial charge is 0.338 e. The average Bonchev–Trinajstić information content (AvgIpc) is 2.53. The Morgan fingerprint density at radius 2 is 1.67 bits per heavy atom. The van der Waals surface area contributed by atoms with Crippen molar-refractivity contribution in [1.29, 1.82) is 0 Å². The molecule has 2 aromatic carbocycles. The number of esters is 1. The maximum Gasteiger partial charge on any atom is 0.338 e. The number of rotatable bonds is 5. The van der Waals surface area contributed by atoms with Gasteiger partial charge in [-0.3, -0.25) is 14.9 Å². The first kappa shape index (κ1) is 14.4. The lowest BCUT2D eigenvalue weighted by Gasteiger charge is -2.04. The van der Waals surface area contributed by atoms with E-state index in [0.717, 1.165) is 6.07 Å². The Kier molecular flexibility index (Phi) is 4.40. The van der Waals surface area contributed by atoms with Gasteiger partial charge in [0.1, 0.15) is 0 Å². The van der Waals surface area contributed by atoms with Gasteiger partial charge in [0.25, 0.3) is 5.69 Å². The zero-order valence-electron chi connectivity index (χ0n) is 10.9. The molecule has 0 aliphatic carbocycles. The summed E-state index contributed by atoms with van der Waals surface area (Å²) in [6.07, 6.45) is 0. The van der Waals surface area contributed by atoms with Crippen LogP contribution >= 0.6 is 0 Å². The fourth-order valence-corrected chi connectivity index (χ4v) is 1.66. The SMILES string of the molecule is O=C(COC(=O)c1ccccc1)c1cccc([N+](=O)[O-])c1. The molecule has 0 bridgehead atoms. The van der Waals surface area contributed by atoms with Gasteiger partial charge in [-0.25, -0.2) is 4.79 Å². The van der Waals surface area contributed by atoms with E-state index in [1.54, 1.807) is 30.3 Å². The number of Topliss-reactive ketones (excluding diaryl/α,β-unsaturated/α-hetero) is 1. The van der Waals surface area contributed by atoms with E-state index >= 15 is 0 Å². The van der Waals surface area contributed by atoms with Crippen LogP contribution in [0.25, 0.3) is 0 Å². The Labute approximate surface area is 120 Å². The molecule has 6 heteroatoms. The quantitative estimate of drug-likeness (QED) is 0.365. The first-order chi connectivity index (χ1) is 10.1. The molecule has 21 heavy (non-hydrogen) atoms. The van der Waals surface area contributed by atoms with Gasteiger partial charge >= 0.3 is 5.97 Å². The normalized spacial score (nSPS) is 9.90. The number of nitrogens with zero attached hydrogens (tertiary/aromatic N) is 1. The lowest BCUT2D eigenvalue weighted by molar-refractivity contribution is -0.384. The topological polar surface area (TPSA) is 86.5 Å². The van der Waals surface area contributed by atoms with Crippen molar-refractivity contribution in [3.8, 4) is 0 Å². The van der Waals surface area contributed by atoms with Crippen molar-refractivity contribution < 1.29 is 19.2 Å². The standard InChI is InChI=1S/C15H11NO5/c17-14(12-7-4-8-13(9-12)16(19)20)10-21-15(18)11-5-2-1-3-6-11/h1-9H,10H2. The van der Waals surface area contributed by atoms with E-state index in [9.17, 15) is 19.7 Å². The van der Waals surface area contributed by atoms with Crippen molar-refractivity contribution >= 4 is 17.4 Å². The van der Waals surface area contributed by atoms with Crippen molar-refractivity contribution in [3.63, 3.8) is 0 Å². The minimum atomic E-state index is -0.616. The number of ketones is 1. The number of ether oxygens (including phenoxy) is 1. The molecule has 0 saturated carbocycles. The first-order valence-corrected chi connectivity index (χ1v) is 6.08. The Morgan fingerprint density at radius 1 is 1.00 bits per heavy atom. The summed E-state index contributed by atoms with van der Waals surface area (Å²) in [5, 5.41) is 10.6. The van der Waals surface area contributed by atoms with Crippen LogP contribution < -0.4 is 0 Å². The molecule has 0 aliphatic heterocycles. The summed E-state index contributed by atoms with van der Waals surface area (Å²) in [6, 6.07) is 13.5. The molecule has 0 radical (unpaired) electrons. The van der Waals surface area contributed by atoms with Gasteiger partial charge in [0.2, 0.25) is 5.78 Å². The second-order valence-electron chi connectivity index (χ2n) is 4.17. The summed E-state index contributed by atoms with van der Waals surface area (Å²) in [4.78, 5) is 33.6. The van der Waals surface area contributed by atoms with Crippen LogP contribution in [0.5, 0.6) is 0 Å². The number of hydrogen-bond acceptors (Lipinski definition) is 5. The molecular weight excluding hydrogens is 274 g/mol. The molecule has 0 heterocycles. The van der Waals surface area contributed by atoms with Gasteiger partial charge in [-0.15, -0.1) is 0 Å². The summed E-state index contributed by atoms with van der Waals surface area (Å²) < 4.78 is 4.89. The monoisotopic (exact) mass is 285 g/mol. The summed E-state index contributed by atoms with van der Waals surface area (Å²) in [7, 11) is 0. The molecule has 0 amide bonds. The molecular formula is C15H11NO5. The Hall–Kier alpha value is -3.02. The molecule has 0 saturated heterocycles. The van der Waals surface area contributed by atoms with Gasteiger partial charge in [-0.2, -0.15) is 0 Å². The van der Waals surface area contributed by atoms with Gasteiger partial charge in [-0.1, -0.05) is 30.3 Å². The third-order valence-electron chi connectivity index (χ3n) is 2.72. The molecule has 2 rings (SSSR count). The van der Waals surface area contributed by atoms with E-state index in [2.05, 4.69) is 0 Å². The van der Waals surface area contributed by atoms with Crippen molar-refractivity contribution in [2.24, 2.45) is 0 Å². The Morgan fingerprint density at radius 3 is 2.33 bits per heavy atom. The average molecular weight is 285 g/mol. The summed E-state index contributed by atoms with van der Waals surface area (Å²) in [5.74, 6) is -1.11. The molecule has 6 nitrogen and oxygen atoms in total. The van der Waals surface area contributed by atoms with E-state index in [1.807, 2.05) is 0 Å². The van der Waals surface area contributed by atoms with E-state index in [4.69, 9.17) is 4.74 Å². The van der Waals surface area contributed by atoms with Gasteiger partial charge < -0.3 is 4.74 Å². The maximum absolute atomic E-state index is 11.9. The number of nitro groups is 1. The van der Waals surface area contributed by atoms with Gasteiger partial charge in [0.05, 0.1) is 10.5 Å². The van der Waals surface area contributed by atoms with Gasteiger partial charge in [0.15, 0.2) is 6.61 Å². The molecule has 106 valence electrons. The number of nitro benzene ring substituents is 1. The van der Waals surface area contributed by atoms with Crippen LogP contribution in [-0.2, 0) is 4.74 Å². The zero-order valence-corrected chi connectivity index (χ0v) is 10.9. The maximum atomic E-state index is 11.9. The first-order valence-electron chi connectivity index (χ1n) is 6.08. The van der Waals surface area contributed by atoms with Crippen LogP contribution in [0.4, 0.5) is 5.69 Å². The number of hydrogen-bond donors (Lipinski definition) is 0. The van der Waals surface area contributed by atoms with Crippen molar-refractivity contribution in [2.45, 2.75) is 0 Å². The fraction of sp³-hybridized carbons (Fsp3) is 0.0667. The van der Waals surface area contributed by atoms with Gasteiger partial charge in [0, 0.05) is 17.7 Å². The minimum Gasteiger partial charge on any atom is -0.454 e. The Bertz CT molecular complexity index is 681. The van der Waals surface area contributed by atoms with E-state index < -0.39 is 23.3 Å². The van der Waals surface area contributed by atoms with E-state index in [1.165, 1.54) is 18.2 Å². The van der Waals surface area contributed by atoms with Crippen LogP contribution in [0.3, 0.4) is 0 Å². The van der Waals surface area contributed by atoms with Crippen LogP contribution in [0, 0.1) is 10.1 Å². The van der Waals surface area contributed by atoms with Crippen molar-refractivity contribution in [3.05, 3.63) is 75.8 Å². The molecule has 0 aliphatic rings. The molecule has 0 N–H and O–H groups in total. The molecule has 0 aromatic heterocycles. The number of carbonyl (C=O) groups is 2. The summed E-state index contributed by atoms with van der Waals surface area (Å²) >= 11 is 0. The highest BCUT2D eigenvalue weighted by atomic mass is 16.6. The van der Waals surface area contributed by atoms with E-state index in [-0.39, 0.29) is 11.3 Å². The van der Waals surface area contributed by atoms with Crippen LogP contribution in [0.15, 0.2) is 54.6 Å². The van der Waals surface area contributed by atoms with Gasteiger partial charge in [-0.05, 0) is 12.1 Å². The molecule has 0 atom stereocenters. The predicted octanol–water partition coefficient (Wildman–Crippen LogP) is 2.63. The molecule has 0 spiro atoms. The number of carbonyl (C=O) groups excluding carboxylic acids is 2. The predicted molar refractivity (Wildman–Crippen MR) is 74.2 cm³/mol. The van der Waals surface area contributed by atoms with Crippen molar-refractivity contribution in [1.82, 2.24) is 0 Å². The molecule has 2 aromatic rings. The highest BCUT2D eigenvalue weighted by molar-refractivity contribution is 5.99. The van der Waals surface area contributed by atoms with Crippen LogP contribution in [0.1, 0.15) is 20.7 Å². The van der Waals surface area contributed by atoms with E-state index in [0.29, 0.717) is 5.56 Å². The number of non-ortho nitro benzene ring substituents is 1. The summed E-state index contributed by atoms with van der Waals surface area (Å²) in [6.45, 7) is -0.463. The lowest BCUT2D eigenvalue weighted by Crippen LogP contribution is -2.14. The lowest BCUT2D eigenvalue weighted by atomic mass is 10.1. The highest BCUT2D eigenvalue weighted by Crippen LogP contribution is 2.13. The largest absolute Gasteiger partial charge is 0.454 e. The highest BCUT2D eigenvalue weighted by Gasteiger charge is 2.14.